The maximum atomic E-state index is 12.5. The molecule has 4 rings (SSSR count). The van der Waals surface area contributed by atoms with Gasteiger partial charge in [-0.25, -0.2) is 9.97 Å². The van der Waals surface area contributed by atoms with Crippen LogP contribution in [0.4, 0.5) is 5.82 Å². The second-order valence-corrected chi connectivity index (χ2v) is 7.07. The number of anilines is 1. The van der Waals surface area contributed by atoms with Crippen LogP contribution in [0.2, 0.25) is 5.02 Å². The molecule has 136 valence electrons. The molecule has 0 N–H and O–H groups in total. The van der Waals surface area contributed by atoms with E-state index < -0.39 is 0 Å². The Labute approximate surface area is 156 Å². The number of fused-ring (bicyclic) bond motifs is 1. The number of nitrogens with zero attached hydrogens (tertiary/aromatic N) is 5. The first-order valence-corrected chi connectivity index (χ1v) is 9.25. The number of carbonyl (C=O) groups excluding carboxylic acids is 2. The molecule has 2 aliphatic heterocycles. The lowest BCUT2D eigenvalue weighted by Crippen LogP contribution is -2.53. The van der Waals surface area contributed by atoms with E-state index in [9.17, 15) is 9.59 Å². The monoisotopic (exact) mass is 373 g/mol. The van der Waals surface area contributed by atoms with E-state index in [0.29, 0.717) is 44.3 Å². The highest BCUT2D eigenvalue weighted by atomic mass is 35.5. The molecule has 0 aliphatic carbocycles. The van der Waals surface area contributed by atoms with E-state index in [1.807, 2.05) is 18.2 Å². The van der Waals surface area contributed by atoms with E-state index in [1.165, 1.54) is 6.33 Å². The van der Waals surface area contributed by atoms with E-state index in [0.717, 1.165) is 29.6 Å². The van der Waals surface area contributed by atoms with Gasteiger partial charge in [0.2, 0.25) is 0 Å². The largest absolute Gasteiger partial charge is 0.352 e. The third kappa shape index (κ3) is 3.19. The van der Waals surface area contributed by atoms with E-state index in [2.05, 4.69) is 14.9 Å². The Morgan fingerprint density at radius 2 is 1.54 bits per heavy atom. The number of likely N-dealkylation sites (tertiary alicyclic amines) is 1. The fraction of sp³-hybridized carbons (Fsp3) is 0.444. The van der Waals surface area contributed by atoms with Gasteiger partial charge in [-0.1, -0.05) is 11.6 Å². The zero-order valence-corrected chi connectivity index (χ0v) is 15.2. The normalized spacial score (nSPS) is 17.8. The van der Waals surface area contributed by atoms with Crippen LogP contribution >= 0.6 is 11.6 Å². The number of amides is 2. The van der Waals surface area contributed by atoms with Crippen LogP contribution in [-0.4, -0.2) is 70.9 Å². The average Bonchev–Trinajstić information content (AvgIpc) is 3.21. The maximum absolute atomic E-state index is 12.5. The third-order valence-electron chi connectivity index (χ3n) is 5.02. The highest BCUT2D eigenvalue weighted by molar-refractivity contribution is 6.35. The molecule has 2 saturated heterocycles. The minimum atomic E-state index is -0.383. The molecule has 2 amide bonds. The molecule has 0 radical (unpaired) electrons. The quantitative estimate of drug-likeness (QED) is 0.709. The Bertz CT molecular complexity index is 845. The van der Waals surface area contributed by atoms with Crippen molar-refractivity contribution in [2.24, 2.45) is 0 Å². The standard InChI is InChI=1S/C18H20ClN5O2/c19-13-3-4-14-15(11-13)20-12-21-16(14)22-7-9-24(10-8-22)18(26)17(25)23-5-1-2-6-23/h3-4,11-12H,1-2,5-10H2. The van der Waals surface area contributed by atoms with Gasteiger partial charge in [0.05, 0.1) is 5.52 Å². The second kappa shape index (κ2) is 7.07. The first kappa shape index (κ1) is 17.0. The minimum Gasteiger partial charge on any atom is -0.352 e. The molecule has 1 aromatic heterocycles. The van der Waals surface area contributed by atoms with E-state index >= 15 is 0 Å². The van der Waals surface area contributed by atoms with Crippen LogP contribution in [0.25, 0.3) is 10.9 Å². The Morgan fingerprint density at radius 3 is 2.23 bits per heavy atom. The van der Waals surface area contributed by atoms with Crippen LogP contribution in [-0.2, 0) is 9.59 Å². The first-order valence-electron chi connectivity index (χ1n) is 8.87. The van der Waals surface area contributed by atoms with Crippen molar-refractivity contribution in [1.82, 2.24) is 19.8 Å². The second-order valence-electron chi connectivity index (χ2n) is 6.64. The van der Waals surface area contributed by atoms with E-state index in [1.54, 1.807) is 9.80 Å². The molecule has 0 spiro atoms. The summed E-state index contributed by atoms with van der Waals surface area (Å²) in [4.78, 5) is 38.9. The van der Waals surface area contributed by atoms with Crippen LogP contribution in [0.5, 0.6) is 0 Å². The van der Waals surface area contributed by atoms with Gasteiger partial charge < -0.3 is 14.7 Å². The van der Waals surface area contributed by atoms with Crippen molar-refractivity contribution in [3.63, 3.8) is 0 Å². The zero-order valence-electron chi connectivity index (χ0n) is 14.4. The van der Waals surface area contributed by atoms with Crippen LogP contribution in [0.1, 0.15) is 12.8 Å². The van der Waals surface area contributed by atoms with Crippen molar-refractivity contribution in [2.75, 3.05) is 44.2 Å². The SMILES string of the molecule is O=C(C(=O)N1CCN(c2ncnc3cc(Cl)ccc23)CC1)N1CCCC1. The van der Waals surface area contributed by atoms with E-state index in [-0.39, 0.29) is 11.8 Å². The van der Waals surface area contributed by atoms with Gasteiger partial charge in [-0.05, 0) is 31.0 Å². The Morgan fingerprint density at radius 1 is 0.885 bits per heavy atom. The van der Waals surface area contributed by atoms with Gasteiger partial charge in [0.25, 0.3) is 0 Å². The van der Waals surface area contributed by atoms with Crippen molar-refractivity contribution >= 4 is 40.1 Å². The number of aromatic nitrogens is 2. The van der Waals surface area contributed by atoms with Crippen molar-refractivity contribution in [1.29, 1.82) is 0 Å². The lowest BCUT2D eigenvalue weighted by Gasteiger charge is -2.35. The lowest BCUT2D eigenvalue weighted by atomic mass is 10.2. The number of hydrogen-bond acceptors (Lipinski definition) is 5. The molecular weight excluding hydrogens is 354 g/mol. The maximum Gasteiger partial charge on any atom is 0.312 e. The molecule has 2 aromatic rings. The lowest BCUT2D eigenvalue weighted by molar-refractivity contribution is -0.151. The molecule has 0 unspecified atom stereocenters. The van der Waals surface area contributed by atoms with Crippen molar-refractivity contribution in [3.05, 3.63) is 29.5 Å². The van der Waals surface area contributed by atoms with E-state index in [4.69, 9.17) is 11.6 Å². The number of halogens is 1. The number of benzene rings is 1. The summed E-state index contributed by atoms with van der Waals surface area (Å²) in [5, 5.41) is 1.57. The molecule has 2 fully saturated rings. The molecule has 2 aliphatic rings. The van der Waals surface area contributed by atoms with Crippen molar-refractivity contribution in [3.8, 4) is 0 Å². The molecule has 0 atom stereocenters. The smallest absolute Gasteiger partial charge is 0.312 e. The Hall–Kier alpha value is -2.41. The van der Waals surface area contributed by atoms with Crippen LogP contribution in [0.15, 0.2) is 24.5 Å². The Balaban J connectivity index is 1.45. The molecular formula is C18H20ClN5O2. The summed E-state index contributed by atoms with van der Waals surface area (Å²) in [6, 6.07) is 5.56. The average molecular weight is 374 g/mol. The summed E-state index contributed by atoms with van der Waals surface area (Å²) in [5.41, 5.74) is 0.796. The van der Waals surface area contributed by atoms with Gasteiger partial charge in [0.1, 0.15) is 12.1 Å². The highest BCUT2D eigenvalue weighted by Gasteiger charge is 2.31. The first-order chi connectivity index (χ1) is 12.6. The van der Waals surface area contributed by atoms with Crippen LogP contribution in [0.3, 0.4) is 0 Å². The summed E-state index contributed by atoms with van der Waals surface area (Å²) in [7, 11) is 0. The number of rotatable bonds is 1. The summed E-state index contributed by atoms with van der Waals surface area (Å²) < 4.78 is 0. The third-order valence-corrected chi connectivity index (χ3v) is 5.26. The summed E-state index contributed by atoms with van der Waals surface area (Å²) in [5.74, 6) is 0.0913. The molecule has 26 heavy (non-hydrogen) atoms. The summed E-state index contributed by atoms with van der Waals surface area (Å²) >= 11 is 6.04. The predicted molar refractivity (Wildman–Crippen MR) is 99.2 cm³/mol. The van der Waals surface area contributed by atoms with Gasteiger partial charge in [-0.2, -0.15) is 0 Å². The van der Waals surface area contributed by atoms with Gasteiger partial charge in [-0.3, -0.25) is 9.59 Å². The highest BCUT2D eigenvalue weighted by Crippen LogP contribution is 2.26. The Kier molecular flexibility index (Phi) is 4.63. The van der Waals surface area contributed by atoms with Crippen molar-refractivity contribution < 1.29 is 9.59 Å². The topological polar surface area (TPSA) is 69.6 Å². The van der Waals surface area contributed by atoms with Crippen LogP contribution in [0, 0.1) is 0 Å². The van der Waals surface area contributed by atoms with Gasteiger partial charge in [0, 0.05) is 49.7 Å². The molecule has 7 nitrogen and oxygen atoms in total. The van der Waals surface area contributed by atoms with Crippen LogP contribution < -0.4 is 4.90 Å². The minimum absolute atomic E-state index is 0.363. The molecule has 0 saturated carbocycles. The summed E-state index contributed by atoms with van der Waals surface area (Å²) in [6.07, 6.45) is 3.50. The predicted octanol–water partition coefficient (Wildman–Crippen LogP) is 1.55. The number of carbonyl (C=O) groups is 2. The van der Waals surface area contributed by atoms with Crippen molar-refractivity contribution in [2.45, 2.75) is 12.8 Å². The fourth-order valence-corrected chi connectivity index (χ4v) is 3.75. The van der Waals surface area contributed by atoms with Gasteiger partial charge in [0.15, 0.2) is 0 Å². The zero-order chi connectivity index (χ0) is 18.1. The summed E-state index contributed by atoms with van der Waals surface area (Å²) in [6.45, 7) is 3.68. The van der Waals surface area contributed by atoms with Gasteiger partial charge in [-0.15, -0.1) is 0 Å². The fourth-order valence-electron chi connectivity index (χ4n) is 3.58. The van der Waals surface area contributed by atoms with Gasteiger partial charge >= 0.3 is 11.8 Å². The number of hydrogen-bond donors (Lipinski definition) is 0. The molecule has 8 heteroatoms. The molecule has 3 heterocycles. The molecule has 1 aromatic carbocycles. The molecule has 0 bridgehead atoms. The number of piperazine rings is 1.